The molecule has 162 valence electrons. The van der Waals surface area contributed by atoms with Crippen LogP contribution < -0.4 is 4.57 Å². The van der Waals surface area contributed by atoms with E-state index >= 15 is 0 Å². The van der Waals surface area contributed by atoms with Gasteiger partial charge in [-0.15, -0.1) is 0 Å². The highest BCUT2D eigenvalue weighted by molar-refractivity contribution is 5.80. The van der Waals surface area contributed by atoms with E-state index in [9.17, 15) is 5.11 Å². The van der Waals surface area contributed by atoms with Gasteiger partial charge >= 0.3 is 0 Å². The van der Waals surface area contributed by atoms with Crippen LogP contribution in [0.1, 0.15) is 48.4 Å². The lowest BCUT2D eigenvalue weighted by Crippen LogP contribution is -2.50. The van der Waals surface area contributed by atoms with Gasteiger partial charge in [-0.05, 0) is 47.1 Å². The maximum atomic E-state index is 11.7. The van der Waals surface area contributed by atoms with E-state index in [2.05, 4.69) is 67.2 Å². The molecule has 0 saturated carbocycles. The summed E-state index contributed by atoms with van der Waals surface area (Å²) in [6.45, 7) is 1.95. The van der Waals surface area contributed by atoms with E-state index in [1.54, 1.807) is 0 Å². The van der Waals surface area contributed by atoms with E-state index in [1.165, 1.54) is 24.8 Å². The fraction of sp³-hybridized carbons (Fsp3) is 0.345. The molecule has 0 spiro atoms. The predicted molar refractivity (Wildman–Crippen MR) is 127 cm³/mol. The van der Waals surface area contributed by atoms with Gasteiger partial charge in [0, 0.05) is 18.9 Å². The fourth-order valence-corrected chi connectivity index (χ4v) is 5.72. The lowest BCUT2D eigenvalue weighted by molar-refractivity contribution is -0.938. The van der Waals surface area contributed by atoms with E-state index in [4.69, 9.17) is 0 Å². The topological polar surface area (TPSA) is 24.1 Å². The summed E-state index contributed by atoms with van der Waals surface area (Å²) < 4.78 is 3.09. The van der Waals surface area contributed by atoms with Crippen LogP contribution in [0, 0.1) is 11.8 Å². The number of aromatic nitrogens is 1. The average molecular weight is 425 g/mol. The molecule has 1 aromatic heterocycles. The molecule has 1 aliphatic heterocycles. The zero-order valence-electron chi connectivity index (χ0n) is 19.1. The number of aliphatic hydroxyl groups is 1. The van der Waals surface area contributed by atoms with Gasteiger partial charge in [0.1, 0.15) is 25.2 Å². The summed E-state index contributed by atoms with van der Waals surface area (Å²) >= 11 is 0. The van der Waals surface area contributed by atoms with Crippen molar-refractivity contribution in [1.29, 1.82) is 0 Å². The first-order chi connectivity index (χ1) is 15.5. The zero-order chi connectivity index (χ0) is 22.2. The third-order valence-corrected chi connectivity index (χ3v) is 7.44. The summed E-state index contributed by atoms with van der Waals surface area (Å²) in [4.78, 5) is 0. The molecule has 1 fully saturated rings. The minimum absolute atomic E-state index is 0.423. The zero-order valence-corrected chi connectivity index (χ0v) is 19.1. The number of aryl methyl sites for hydroxylation is 1. The van der Waals surface area contributed by atoms with Crippen molar-refractivity contribution in [2.45, 2.75) is 37.3 Å². The second-order valence-electron chi connectivity index (χ2n) is 9.66. The standard InChI is InChI=1S/C29H32N2O/c1-30-19-11-12-23(22-30)28-17-7-9-20-31(28,2)21-10-8-18-29(32)26-15-5-3-13-24(26)25-14-4-6-16-27(25)29/h3-6,11-16,19,22,28,32H,7,9,17-18,20-21H2,1-2H3/q+2/t28-,31?/m1/s1. The number of hydrogen-bond acceptors (Lipinski definition) is 1. The van der Waals surface area contributed by atoms with Gasteiger partial charge in [-0.1, -0.05) is 54.5 Å². The minimum atomic E-state index is -1.03. The third-order valence-electron chi connectivity index (χ3n) is 7.44. The Labute approximate surface area is 191 Å². The maximum Gasteiger partial charge on any atom is 0.177 e. The predicted octanol–water partition coefficient (Wildman–Crippen LogP) is 4.49. The molecule has 1 saturated heterocycles. The molecule has 3 aromatic rings. The number of quaternary nitrogens is 1. The highest BCUT2D eigenvalue weighted by atomic mass is 16.3. The number of likely N-dealkylation sites (tertiary alicyclic amines) is 1. The smallest absolute Gasteiger partial charge is 0.177 e. The van der Waals surface area contributed by atoms with Crippen LogP contribution in [-0.2, 0) is 12.6 Å². The van der Waals surface area contributed by atoms with Gasteiger partial charge in [0.05, 0.1) is 19.2 Å². The monoisotopic (exact) mass is 424 g/mol. The minimum Gasteiger partial charge on any atom is -0.379 e. The number of hydrogen-bond donors (Lipinski definition) is 1. The van der Waals surface area contributed by atoms with Crippen LogP contribution in [0.3, 0.4) is 0 Å². The summed E-state index contributed by atoms with van der Waals surface area (Å²) in [6, 6.07) is 21.3. The van der Waals surface area contributed by atoms with Crippen LogP contribution >= 0.6 is 0 Å². The molecule has 2 aliphatic rings. The molecule has 1 unspecified atom stereocenters. The molecule has 0 bridgehead atoms. The third kappa shape index (κ3) is 3.54. The average Bonchev–Trinajstić information content (AvgIpc) is 3.06. The molecule has 2 heterocycles. The van der Waals surface area contributed by atoms with Crippen LogP contribution in [0.2, 0.25) is 0 Å². The van der Waals surface area contributed by atoms with Crippen molar-refractivity contribution in [3.8, 4) is 23.0 Å². The van der Waals surface area contributed by atoms with Crippen LogP contribution in [0.15, 0.2) is 73.1 Å². The Bertz CT molecular complexity index is 1160. The SMILES string of the molecule is C[n+]1cccc([C@H]2CCCC[N+]2(C)CC#CCC2(O)c3ccccc3-c3ccccc32)c1. The van der Waals surface area contributed by atoms with E-state index in [-0.39, 0.29) is 0 Å². The van der Waals surface area contributed by atoms with Crippen molar-refractivity contribution in [1.82, 2.24) is 0 Å². The van der Waals surface area contributed by atoms with Crippen LogP contribution in [0.25, 0.3) is 11.1 Å². The van der Waals surface area contributed by atoms with Crippen LogP contribution in [0.4, 0.5) is 0 Å². The van der Waals surface area contributed by atoms with Crippen molar-refractivity contribution in [2.75, 3.05) is 20.1 Å². The van der Waals surface area contributed by atoms with Crippen molar-refractivity contribution < 1.29 is 14.2 Å². The summed E-state index contributed by atoms with van der Waals surface area (Å²) in [5.74, 6) is 6.86. The number of pyridine rings is 1. The molecule has 1 aliphatic carbocycles. The summed E-state index contributed by atoms with van der Waals surface area (Å²) in [6.07, 6.45) is 8.50. The van der Waals surface area contributed by atoms with Crippen molar-refractivity contribution in [3.63, 3.8) is 0 Å². The molecule has 2 atom stereocenters. The van der Waals surface area contributed by atoms with Gasteiger partial charge in [-0.2, -0.15) is 0 Å². The van der Waals surface area contributed by atoms with E-state index < -0.39 is 5.60 Å². The van der Waals surface area contributed by atoms with Crippen molar-refractivity contribution in [2.24, 2.45) is 7.05 Å². The molecular formula is C29H32N2O+2. The number of rotatable bonds is 3. The highest BCUT2D eigenvalue weighted by Gasteiger charge is 2.41. The Kier molecular flexibility index (Phi) is 5.37. The van der Waals surface area contributed by atoms with Crippen molar-refractivity contribution >= 4 is 0 Å². The second kappa shape index (κ2) is 8.20. The Morgan fingerprint density at radius 3 is 2.34 bits per heavy atom. The van der Waals surface area contributed by atoms with Gasteiger partial charge in [-0.25, -0.2) is 4.57 Å². The lowest BCUT2D eigenvalue weighted by atomic mass is 9.88. The van der Waals surface area contributed by atoms with Crippen LogP contribution in [0.5, 0.6) is 0 Å². The van der Waals surface area contributed by atoms with Crippen molar-refractivity contribution in [3.05, 3.63) is 89.7 Å². The van der Waals surface area contributed by atoms with Gasteiger partial charge in [0.2, 0.25) is 0 Å². The Balaban J connectivity index is 1.40. The van der Waals surface area contributed by atoms with Gasteiger partial charge in [0.15, 0.2) is 12.4 Å². The highest BCUT2D eigenvalue weighted by Crippen LogP contribution is 2.48. The Morgan fingerprint density at radius 2 is 1.66 bits per heavy atom. The van der Waals surface area contributed by atoms with Gasteiger partial charge in [-0.3, -0.25) is 0 Å². The first-order valence-corrected chi connectivity index (χ1v) is 11.7. The Hall–Kier alpha value is -2.93. The van der Waals surface area contributed by atoms with Crippen LogP contribution in [-0.4, -0.2) is 29.7 Å². The van der Waals surface area contributed by atoms with Gasteiger partial charge < -0.3 is 9.59 Å². The summed E-state index contributed by atoms with van der Waals surface area (Å²) in [5, 5.41) is 11.7. The maximum absolute atomic E-state index is 11.7. The number of benzene rings is 2. The molecule has 0 radical (unpaired) electrons. The molecule has 1 N–H and O–H groups in total. The first kappa shape index (κ1) is 20.9. The van der Waals surface area contributed by atoms with E-state index in [0.29, 0.717) is 12.5 Å². The summed E-state index contributed by atoms with van der Waals surface area (Å²) in [5.41, 5.74) is 4.56. The second-order valence-corrected chi connectivity index (χ2v) is 9.66. The molecule has 3 nitrogen and oxygen atoms in total. The molecule has 2 aromatic carbocycles. The normalized spacial score (nSPS) is 23.0. The molecule has 0 amide bonds. The fourth-order valence-electron chi connectivity index (χ4n) is 5.72. The molecule has 3 heteroatoms. The largest absolute Gasteiger partial charge is 0.379 e. The summed E-state index contributed by atoms with van der Waals surface area (Å²) in [7, 11) is 4.44. The van der Waals surface area contributed by atoms with E-state index in [0.717, 1.165) is 39.8 Å². The first-order valence-electron chi connectivity index (χ1n) is 11.7. The number of nitrogens with zero attached hydrogens (tertiary/aromatic N) is 2. The van der Waals surface area contributed by atoms with E-state index in [1.807, 2.05) is 36.4 Å². The lowest BCUT2D eigenvalue weighted by Gasteiger charge is -2.43. The Morgan fingerprint density at radius 1 is 0.969 bits per heavy atom. The number of fused-ring (bicyclic) bond motifs is 3. The molecule has 32 heavy (non-hydrogen) atoms. The molecular weight excluding hydrogens is 392 g/mol. The quantitative estimate of drug-likeness (QED) is 0.374. The number of piperidine rings is 1. The van der Waals surface area contributed by atoms with Gasteiger partial charge in [0.25, 0.3) is 0 Å². The molecule has 5 rings (SSSR count).